The van der Waals surface area contributed by atoms with Crippen molar-refractivity contribution in [2.75, 3.05) is 20.2 Å². The van der Waals surface area contributed by atoms with Crippen LogP contribution in [0.15, 0.2) is 73.1 Å². The molecule has 0 spiro atoms. The van der Waals surface area contributed by atoms with Gasteiger partial charge >= 0.3 is 0 Å². The predicted molar refractivity (Wildman–Crippen MR) is 127 cm³/mol. The summed E-state index contributed by atoms with van der Waals surface area (Å²) in [5.74, 6) is 0.971. The van der Waals surface area contributed by atoms with E-state index in [1.807, 2.05) is 48.5 Å². The van der Waals surface area contributed by atoms with Crippen LogP contribution >= 0.6 is 11.6 Å². The van der Waals surface area contributed by atoms with Crippen LogP contribution in [-0.4, -0.2) is 36.0 Å². The van der Waals surface area contributed by atoms with Crippen LogP contribution in [0.25, 0.3) is 0 Å². The number of pyridine rings is 1. The molecule has 2 heterocycles. The summed E-state index contributed by atoms with van der Waals surface area (Å²) in [6.07, 6.45) is 5.23. The number of hydrogen-bond acceptors (Lipinski definition) is 4. The fourth-order valence-electron chi connectivity index (χ4n) is 4.20. The van der Waals surface area contributed by atoms with E-state index in [2.05, 4.69) is 27.3 Å². The van der Waals surface area contributed by atoms with Gasteiger partial charge in [-0.1, -0.05) is 41.9 Å². The average Bonchev–Trinajstić information content (AvgIpc) is 2.84. The van der Waals surface area contributed by atoms with Gasteiger partial charge in [-0.25, -0.2) is 0 Å². The van der Waals surface area contributed by atoms with Crippen LogP contribution < -0.4 is 10.1 Å². The molecule has 0 bridgehead atoms. The molecular formula is C26H28ClN3O2. The number of piperidine rings is 1. The number of carbonyl (C=O) groups excluding carboxylic acids is 1. The molecule has 166 valence electrons. The minimum absolute atomic E-state index is 0.00281. The maximum absolute atomic E-state index is 13.2. The van der Waals surface area contributed by atoms with Gasteiger partial charge in [0.15, 0.2) is 0 Å². The molecule has 1 aliphatic heterocycles. The Kier molecular flexibility index (Phi) is 7.40. The number of hydrogen-bond donors (Lipinski definition) is 1. The highest BCUT2D eigenvalue weighted by molar-refractivity contribution is 6.30. The normalized spacial score (nSPS) is 15.8. The zero-order chi connectivity index (χ0) is 22.3. The summed E-state index contributed by atoms with van der Waals surface area (Å²) in [6, 6.07) is 19.4. The first kappa shape index (κ1) is 22.3. The van der Waals surface area contributed by atoms with Crippen molar-refractivity contribution in [1.82, 2.24) is 15.2 Å². The van der Waals surface area contributed by atoms with Crippen LogP contribution in [0.1, 0.15) is 35.6 Å². The molecule has 0 aliphatic carbocycles. The lowest BCUT2D eigenvalue weighted by Gasteiger charge is -2.32. The van der Waals surface area contributed by atoms with Gasteiger partial charge in [-0.15, -0.1) is 0 Å². The Morgan fingerprint density at radius 1 is 1.12 bits per heavy atom. The first-order valence-electron chi connectivity index (χ1n) is 10.9. The van der Waals surface area contributed by atoms with Crippen molar-refractivity contribution in [2.45, 2.75) is 25.4 Å². The van der Waals surface area contributed by atoms with Gasteiger partial charge in [-0.3, -0.25) is 14.7 Å². The van der Waals surface area contributed by atoms with Crippen molar-refractivity contribution in [3.8, 4) is 5.75 Å². The standard InChI is InChI=1S/C26H28ClN3O2/c1-32-24-6-2-4-19(16-24)18-30-14-11-21(12-15-30)26(31)29-25(22-5-3-13-28-17-22)20-7-9-23(27)10-8-20/h2-10,13,16-17,21,25H,11-12,14-15,18H2,1H3,(H,29,31). The summed E-state index contributed by atoms with van der Waals surface area (Å²) < 4.78 is 5.33. The zero-order valence-corrected chi connectivity index (χ0v) is 19.0. The number of aromatic nitrogens is 1. The van der Waals surface area contributed by atoms with E-state index in [1.54, 1.807) is 19.5 Å². The maximum atomic E-state index is 13.2. The number of halogens is 1. The highest BCUT2D eigenvalue weighted by atomic mass is 35.5. The van der Waals surface area contributed by atoms with E-state index in [4.69, 9.17) is 16.3 Å². The molecule has 2 aromatic carbocycles. The molecule has 1 fully saturated rings. The molecule has 0 saturated carbocycles. The van der Waals surface area contributed by atoms with Crippen molar-refractivity contribution >= 4 is 17.5 Å². The molecule has 1 saturated heterocycles. The van der Waals surface area contributed by atoms with Crippen LogP contribution in [0.4, 0.5) is 0 Å². The van der Waals surface area contributed by atoms with E-state index in [1.165, 1.54) is 5.56 Å². The quantitative estimate of drug-likeness (QED) is 0.559. The van der Waals surface area contributed by atoms with Crippen molar-refractivity contribution in [3.63, 3.8) is 0 Å². The lowest BCUT2D eigenvalue weighted by atomic mass is 9.93. The summed E-state index contributed by atoms with van der Waals surface area (Å²) in [5, 5.41) is 3.94. The average molecular weight is 450 g/mol. The highest BCUT2D eigenvalue weighted by Crippen LogP contribution is 2.26. The number of rotatable bonds is 7. The maximum Gasteiger partial charge on any atom is 0.223 e. The molecule has 32 heavy (non-hydrogen) atoms. The molecule has 1 aromatic heterocycles. The second-order valence-electron chi connectivity index (χ2n) is 8.18. The van der Waals surface area contributed by atoms with Crippen molar-refractivity contribution in [2.24, 2.45) is 5.92 Å². The topological polar surface area (TPSA) is 54.5 Å². The first-order valence-corrected chi connectivity index (χ1v) is 11.3. The molecular weight excluding hydrogens is 422 g/mol. The van der Waals surface area contributed by atoms with Crippen molar-refractivity contribution in [3.05, 3.63) is 94.8 Å². The molecule has 3 aromatic rings. The van der Waals surface area contributed by atoms with Crippen LogP contribution in [-0.2, 0) is 11.3 Å². The third-order valence-corrected chi connectivity index (χ3v) is 6.26. The molecule has 1 aliphatic rings. The van der Waals surface area contributed by atoms with Crippen molar-refractivity contribution in [1.29, 1.82) is 0 Å². The van der Waals surface area contributed by atoms with Gasteiger partial charge in [-0.05, 0) is 73.0 Å². The van der Waals surface area contributed by atoms with Gasteiger partial charge in [0.2, 0.25) is 5.91 Å². The monoisotopic (exact) mass is 449 g/mol. The SMILES string of the molecule is COc1cccc(CN2CCC(C(=O)NC(c3ccc(Cl)cc3)c3cccnc3)CC2)c1. The van der Waals surface area contributed by atoms with Gasteiger partial charge in [-0.2, -0.15) is 0 Å². The Hall–Kier alpha value is -2.89. The zero-order valence-electron chi connectivity index (χ0n) is 18.2. The Bertz CT molecular complexity index is 1020. The lowest BCUT2D eigenvalue weighted by molar-refractivity contribution is -0.127. The Balaban J connectivity index is 1.38. The van der Waals surface area contributed by atoms with Gasteiger partial charge in [0.05, 0.1) is 13.2 Å². The summed E-state index contributed by atoms with van der Waals surface area (Å²) in [6.45, 7) is 2.66. The van der Waals surface area contributed by atoms with E-state index in [9.17, 15) is 4.79 Å². The Morgan fingerprint density at radius 3 is 2.59 bits per heavy atom. The molecule has 1 atom stereocenters. The van der Waals surface area contributed by atoms with E-state index in [0.717, 1.165) is 49.4 Å². The van der Waals surface area contributed by atoms with E-state index in [0.29, 0.717) is 5.02 Å². The molecule has 4 rings (SSSR count). The molecule has 1 unspecified atom stereocenters. The summed E-state index contributed by atoms with van der Waals surface area (Å²) in [7, 11) is 1.69. The smallest absolute Gasteiger partial charge is 0.223 e. The summed E-state index contributed by atoms with van der Waals surface area (Å²) >= 11 is 6.07. The van der Waals surface area contributed by atoms with Crippen LogP contribution in [0.3, 0.4) is 0 Å². The third kappa shape index (κ3) is 5.67. The number of ether oxygens (including phenoxy) is 1. The van der Waals surface area contributed by atoms with Crippen molar-refractivity contribution < 1.29 is 9.53 Å². The summed E-state index contributed by atoms with van der Waals surface area (Å²) in [4.78, 5) is 19.8. The molecule has 0 radical (unpaired) electrons. The number of nitrogens with one attached hydrogen (secondary N) is 1. The third-order valence-electron chi connectivity index (χ3n) is 6.01. The predicted octanol–water partition coefficient (Wildman–Crippen LogP) is 4.86. The van der Waals surface area contributed by atoms with Gasteiger partial charge in [0, 0.05) is 29.9 Å². The lowest BCUT2D eigenvalue weighted by Crippen LogP contribution is -2.41. The second-order valence-corrected chi connectivity index (χ2v) is 8.62. The summed E-state index contributed by atoms with van der Waals surface area (Å²) in [5.41, 5.74) is 3.18. The highest BCUT2D eigenvalue weighted by Gasteiger charge is 2.27. The van der Waals surface area contributed by atoms with Crippen LogP contribution in [0.2, 0.25) is 5.02 Å². The van der Waals surface area contributed by atoms with Gasteiger partial charge in [0.25, 0.3) is 0 Å². The van der Waals surface area contributed by atoms with E-state index < -0.39 is 0 Å². The number of nitrogens with zero attached hydrogens (tertiary/aromatic N) is 2. The van der Waals surface area contributed by atoms with E-state index >= 15 is 0 Å². The molecule has 1 N–H and O–H groups in total. The molecule has 5 nitrogen and oxygen atoms in total. The Morgan fingerprint density at radius 2 is 1.91 bits per heavy atom. The van der Waals surface area contributed by atoms with Gasteiger partial charge < -0.3 is 10.1 Å². The fourth-order valence-corrected chi connectivity index (χ4v) is 4.33. The van der Waals surface area contributed by atoms with Crippen LogP contribution in [0.5, 0.6) is 5.75 Å². The van der Waals surface area contributed by atoms with Crippen LogP contribution in [0, 0.1) is 5.92 Å². The largest absolute Gasteiger partial charge is 0.497 e. The molecule has 6 heteroatoms. The fraction of sp³-hybridized carbons (Fsp3) is 0.308. The first-order chi connectivity index (χ1) is 15.6. The number of methoxy groups -OCH3 is 1. The number of amides is 1. The molecule has 1 amide bonds. The van der Waals surface area contributed by atoms with Gasteiger partial charge in [0.1, 0.15) is 5.75 Å². The second kappa shape index (κ2) is 10.6. The number of likely N-dealkylation sites (tertiary alicyclic amines) is 1. The number of benzene rings is 2. The minimum atomic E-state index is -0.247. The minimum Gasteiger partial charge on any atom is -0.497 e. The number of carbonyl (C=O) groups is 1. The van der Waals surface area contributed by atoms with E-state index in [-0.39, 0.29) is 17.9 Å². The Labute approximate surface area is 194 Å².